The molecule has 1 atom stereocenters. The lowest BCUT2D eigenvalue weighted by Crippen LogP contribution is -2.10. The molecule has 3 rings (SSSR count). The van der Waals surface area contributed by atoms with Gasteiger partial charge in [-0.05, 0) is 47.2 Å². The number of nitrogens with two attached hydrogens (primary N) is 1. The zero-order chi connectivity index (χ0) is 14.8. The van der Waals surface area contributed by atoms with E-state index in [9.17, 15) is 4.39 Å². The largest absolute Gasteiger partial charge is 0.324 e. The van der Waals surface area contributed by atoms with Gasteiger partial charge in [-0.1, -0.05) is 36.9 Å². The second kappa shape index (κ2) is 5.80. The van der Waals surface area contributed by atoms with E-state index in [-0.39, 0.29) is 11.9 Å². The van der Waals surface area contributed by atoms with E-state index in [4.69, 9.17) is 5.73 Å². The average molecular weight is 297 g/mol. The van der Waals surface area contributed by atoms with Crippen LogP contribution in [0.15, 0.2) is 61.2 Å². The molecule has 3 aromatic rings. The van der Waals surface area contributed by atoms with Crippen LogP contribution in [-0.2, 0) is 0 Å². The second-order valence-corrected chi connectivity index (χ2v) is 6.20. The highest BCUT2D eigenvalue weighted by atomic mass is 32.1. The third kappa shape index (κ3) is 3.04. The molecule has 0 spiro atoms. The molecule has 0 saturated heterocycles. The molecule has 2 N–H and O–H groups in total. The van der Waals surface area contributed by atoms with Crippen molar-refractivity contribution >= 4 is 27.0 Å². The minimum atomic E-state index is -0.210. The van der Waals surface area contributed by atoms with E-state index in [1.165, 1.54) is 6.07 Å². The molecule has 0 fully saturated rings. The number of hydrogen-bond acceptors (Lipinski definition) is 2. The van der Waals surface area contributed by atoms with Crippen LogP contribution >= 0.6 is 11.3 Å². The number of thiophene rings is 1. The molecule has 0 aliphatic carbocycles. The summed E-state index contributed by atoms with van der Waals surface area (Å²) in [5, 5.41) is 0.921. The van der Waals surface area contributed by atoms with Crippen LogP contribution in [0.3, 0.4) is 0 Å². The highest BCUT2D eigenvalue weighted by Crippen LogP contribution is 2.33. The van der Waals surface area contributed by atoms with E-state index in [0.717, 1.165) is 26.1 Å². The maximum absolute atomic E-state index is 13.2. The average Bonchev–Trinajstić information content (AvgIpc) is 2.91. The summed E-state index contributed by atoms with van der Waals surface area (Å²) in [5.74, 6) is -0.210. The van der Waals surface area contributed by atoms with Gasteiger partial charge in [-0.15, -0.1) is 11.3 Å². The zero-order valence-corrected chi connectivity index (χ0v) is 12.4. The Morgan fingerprint density at radius 1 is 1.14 bits per heavy atom. The molecule has 3 heteroatoms. The van der Waals surface area contributed by atoms with Gasteiger partial charge in [-0.3, -0.25) is 0 Å². The van der Waals surface area contributed by atoms with E-state index < -0.39 is 0 Å². The molecule has 1 nitrogen and oxygen atoms in total. The Kier molecular flexibility index (Phi) is 3.86. The van der Waals surface area contributed by atoms with Crippen LogP contribution in [0.25, 0.3) is 15.7 Å². The first kappa shape index (κ1) is 14.0. The van der Waals surface area contributed by atoms with Gasteiger partial charge in [0.05, 0.1) is 0 Å². The number of benzene rings is 2. The summed E-state index contributed by atoms with van der Waals surface area (Å²) in [6, 6.07) is 16.8. The standard InChI is InChI=1S/C18H16FNS/c1-12(9-16(20)13-5-3-2-4-6-13)18-11-14-10-15(19)7-8-17(14)21-18/h2-8,10-11,16H,1,9,20H2. The summed E-state index contributed by atoms with van der Waals surface area (Å²) in [6.07, 6.45) is 0.694. The molecule has 1 aromatic heterocycles. The summed E-state index contributed by atoms with van der Waals surface area (Å²) in [5.41, 5.74) is 8.33. The third-order valence-corrected chi connectivity index (χ3v) is 4.74. The van der Waals surface area contributed by atoms with Crippen molar-refractivity contribution in [3.8, 4) is 0 Å². The molecule has 0 aliphatic rings. The molecular weight excluding hydrogens is 281 g/mol. The van der Waals surface area contributed by atoms with Crippen molar-refractivity contribution in [1.29, 1.82) is 0 Å². The quantitative estimate of drug-likeness (QED) is 0.708. The zero-order valence-electron chi connectivity index (χ0n) is 11.6. The molecule has 0 bridgehead atoms. The van der Waals surface area contributed by atoms with Crippen LogP contribution in [0.1, 0.15) is 22.9 Å². The summed E-state index contributed by atoms with van der Waals surface area (Å²) >= 11 is 1.63. The SMILES string of the molecule is C=C(CC(N)c1ccccc1)c1cc2cc(F)ccc2s1. The van der Waals surface area contributed by atoms with Gasteiger partial charge in [-0.25, -0.2) is 4.39 Å². The van der Waals surface area contributed by atoms with Crippen molar-refractivity contribution in [2.45, 2.75) is 12.5 Å². The van der Waals surface area contributed by atoms with Gasteiger partial charge in [0.1, 0.15) is 5.82 Å². The van der Waals surface area contributed by atoms with Crippen molar-refractivity contribution in [3.63, 3.8) is 0 Å². The Morgan fingerprint density at radius 3 is 2.67 bits per heavy atom. The minimum absolute atomic E-state index is 0.0688. The monoisotopic (exact) mass is 297 g/mol. The van der Waals surface area contributed by atoms with Gasteiger partial charge in [-0.2, -0.15) is 0 Å². The topological polar surface area (TPSA) is 26.0 Å². The van der Waals surface area contributed by atoms with Crippen molar-refractivity contribution in [2.24, 2.45) is 5.73 Å². The van der Waals surface area contributed by atoms with E-state index >= 15 is 0 Å². The molecule has 0 amide bonds. The molecule has 106 valence electrons. The van der Waals surface area contributed by atoms with Crippen molar-refractivity contribution < 1.29 is 4.39 Å². The maximum atomic E-state index is 13.2. The lowest BCUT2D eigenvalue weighted by Gasteiger charge is -2.12. The molecule has 0 aliphatic heterocycles. The first-order valence-electron chi connectivity index (χ1n) is 6.81. The smallest absolute Gasteiger partial charge is 0.123 e. The van der Waals surface area contributed by atoms with Gasteiger partial charge < -0.3 is 5.73 Å². The highest BCUT2D eigenvalue weighted by Gasteiger charge is 2.11. The predicted octanol–water partition coefficient (Wildman–Crippen LogP) is 5.14. The van der Waals surface area contributed by atoms with Crippen LogP contribution in [0.4, 0.5) is 4.39 Å². The first-order chi connectivity index (χ1) is 10.1. The van der Waals surface area contributed by atoms with Gasteiger partial charge >= 0.3 is 0 Å². The Labute approximate surface area is 127 Å². The molecule has 21 heavy (non-hydrogen) atoms. The summed E-state index contributed by atoms with van der Waals surface area (Å²) in [7, 11) is 0. The van der Waals surface area contributed by atoms with Gasteiger partial charge in [0.15, 0.2) is 0 Å². The van der Waals surface area contributed by atoms with E-state index in [1.807, 2.05) is 42.5 Å². The number of halogens is 1. The van der Waals surface area contributed by atoms with Crippen molar-refractivity contribution in [1.82, 2.24) is 0 Å². The summed E-state index contributed by atoms with van der Waals surface area (Å²) in [6.45, 7) is 4.14. The second-order valence-electron chi connectivity index (χ2n) is 5.12. The maximum Gasteiger partial charge on any atom is 0.123 e. The van der Waals surface area contributed by atoms with Gasteiger partial charge in [0.2, 0.25) is 0 Å². The van der Waals surface area contributed by atoms with E-state index in [2.05, 4.69) is 6.58 Å². The summed E-state index contributed by atoms with van der Waals surface area (Å²) in [4.78, 5) is 1.07. The highest BCUT2D eigenvalue weighted by molar-refractivity contribution is 7.20. The Hall–Kier alpha value is -1.97. The van der Waals surface area contributed by atoms with Crippen LogP contribution < -0.4 is 5.73 Å². The van der Waals surface area contributed by atoms with Crippen LogP contribution in [-0.4, -0.2) is 0 Å². The lowest BCUT2D eigenvalue weighted by molar-refractivity contribution is 0.630. The van der Waals surface area contributed by atoms with E-state index in [1.54, 1.807) is 17.4 Å². The third-order valence-electron chi connectivity index (χ3n) is 3.52. The molecule has 1 heterocycles. The van der Waals surface area contributed by atoms with Crippen molar-refractivity contribution in [3.05, 3.63) is 77.4 Å². The first-order valence-corrected chi connectivity index (χ1v) is 7.63. The fourth-order valence-electron chi connectivity index (χ4n) is 2.37. The van der Waals surface area contributed by atoms with Crippen LogP contribution in [0.5, 0.6) is 0 Å². The molecular formula is C18H16FNS. The number of rotatable bonds is 4. The van der Waals surface area contributed by atoms with Gasteiger partial charge in [0, 0.05) is 15.6 Å². The number of hydrogen-bond donors (Lipinski definition) is 1. The van der Waals surface area contributed by atoms with Crippen LogP contribution in [0.2, 0.25) is 0 Å². The number of fused-ring (bicyclic) bond motifs is 1. The Balaban J connectivity index is 1.80. The fraction of sp³-hybridized carbons (Fsp3) is 0.111. The van der Waals surface area contributed by atoms with E-state index in [0.29, 0.717) is 6.42 Å². The predicted molar refractivity (Wildman–Crippen MR) is 88.8 cm³/mol. The fourth-order valence-corrected chi connectivity index (χ4v) is 3.39. The van der Waals surface area contributed by atoms with Gasteiger partial charge in [0.25, 0.3) is 0 Å². The molecule has 2 aromatic carbocycles. The molecule has 0 saturated carbocycles. The van der Waals surface area contributed by atoms with Crippen LogP contribution in [0, 0.1) is 5.82 Å². The molecule has 0 radical (unpaired) electrons. The molecule has 1 unspecified atom stereocenters. The Bertz CT molecular complexity index is 776. The lowest BCUT2D eigenvalue weighted by atomic mass is 10.00. The normalized spacial score (nSPS) is 12.5. The Morgan fingerprint density at radius 2 is 1.90 bits per heavy atom. The van der Waals surface area contributed by atoms with Crippen molar-refractivity contribution in [2.75, 3.05) is 0 Å². The minimum Gasteiger partial charge on any atom is -0.324 e. The summed E-state index contributed by atoms with van der Waals surface area (Å²) < 4.78 is 14.3.